The Balaban J connectivity index is 1.77. The standard InChI is InChI=1S/C26H28N6O3S/c1-15-6-5-7-16(2)20(15)14-32-17(3)29-23-18(9-11-36(27,34)35)12-22(30-25(23)32)21-13-31(4)26(33)24-19(21)8-10-28-24/h5-8,10,12-13,28H,9,11,14H2,1-4H3,(H2,27,34,35). The summed E-state index contributed by atoms with van der Waals surface area (Å²) in [6.07, 6.45) is 3.69. The molecular formula is C26H28N6O3S. The van der Waals surface area contributed by atoms with Crippen molar-refractivity contribution in [3.8, 4) is 11.3 Å². The highest BCUT2D eigenvalue weighted by Gasteiger charge is 2.20. The Morgan fingerprint density at radius 3 is 2.50 bits per heavy atom. The van der Waals surface area contributed by atoms with E-state index in [0.29, 0.717) is 28.9 Å². The van der Waals surface area contributed by atoms with Crippen molar-refractivity contribution in [3.05, 3.63) is 81.2 Å². The first-order valence-corrected chi connectivity index (χ1v) is 13.3. The molecule has 36 heavy (non-hydrogen) atoms. The van der Waals surface area contributed by atoms with Gasteiger partial charge in [-0.3, -0.25) is 4.79 Å². The van der Waals surface area contributed by atoms with Crippen molar-refractivity contribution in [2.45, 2.75) is 33.7 Å². The van der Waals surface area contributed by atoms with Gasteiger partial charge in [0, 0.05) is 30.4 Å². The number of pyridine rings is 2. The first-order chi connectivity index (χ1) is 17.0. The van der Waals surface area contributed by atoms with E-state index in [0.717, 1.165) is 22.3 Å². The molecule has 0 aliphatic rings. The molecule has 5 aromatic rings. The smallest absolute Gasteiger partial charge is 0.274 e. The van der Waals surface area contributed by atoms with Gasteiger partial charge in [0.25, 0.3) is 5.56 Å². The topological polar surface area (TPSA) is 129 Å². The summed E-state index contributed by atoms with van der Waals surface area (Å²) >= 11 is 0. The van der Waals surface area contributed by atoms with Crippen LogP contribution in [0.3, 0.4) is 0 Å². The van der Waals surface area contributed by atoms with E-state index in [1.807, 2.05) is 25.1 Å². The molecule has 0 saturated heterocycles. The van der Waals surface area contributed by atoms with Crippen LogP contribution >= 0.6 is 0 Å². The molecule has 4 heterocycles. The van der Waals surface area contributed by atoms with Crippen molar-refractivity contribution in [1.82, 2.24) is 24.1 Å². The summed E-state index contributed by atoms with van der Waals surface area (Å²) in [5.41, 5.74) is 7.35. The Bertz CT molecular complexity index is 1790. The molecule has 1 aromatic carbocycles. The average molecular weight is 505 g/mol. The van der Waals surface area contributed by atoms with E-state index in [-0.39, 0.29) is 17.7 Å². The zero-order chi connectivity index (χ0) is 25.8. The molecule has 0 bridgehead atoms. The van der Waals surface area contributed by atoms with Gasteiger partial charge in [0.15, 0.2) is 5.65 Å². The third-order valence-electron chi connectivity index (χ3n) is 6.76. The van der Waals surface area contributed by atoms with Crippen LogP contribution in [-0.2, 0) is 30.0 Å². The Morgan fingerprint density at radius 2 is 1.81 bits per heavy atom. The first-order valence-electron chi connectivity index (χ1n) is 11.6. The van der Waals surface area contributed by atoms with Gasteiger partial charge in [-0.05, 0) is 61.6 Å². The molecule has 0 atom stereocenters. The maximum absolute atomic E-state index is 12.6. The number of H-pyrrole nitrogens is 1. The number of nitrogens with zero attached hydrogens (tertiary/aromatic N) is 4. The number of hydrogen-bond donors (Lipinski definition) is 2. The fraction of sp³-hybridized carbons (Fsp3) is 0.269. The maximum atomic E-state index is 12.6. The number of aryl methyl sites for hydroxylation is 5. The summed E-state index contributed by atoms with van der Waals surface area (Å²) in [5, 5.41) is 6.08. The third kappa shape index (κ3) is 4.22. The number of primary sulfonamides is 1. The minimum Gasteiger partial charge on any atom is -0.357 e. The summed E-state index contributed by atoms with van der Waals surface area (Å²) in [5.74, 6) is 0.572. The van der Waals surface area contributed by atoms with Crippen LogP contribution in [0.25, 0.3) is 33.3 Å². The van der Waals surface area contributed by atoms with Crippen LogP contribution in [0.15, 0.2) is 47.5 Å². The Labute approximate surface area is 208 Å². The summed E-state index contributed by atoms with van der Waals surface area (Å²) < 4.78 is 27.2. The molecule has 0 aliphatic carbocycles. The fourth-order valence-electron chi connectivity index (χ4n) is 4.76. The van der Waals surface area contributed by atoms with Gasteiger partial charge in [-0.25, -0.2) is 23.5 Å². The summed E-state index contributed by atoms with van der Waals surface area (Å²) in [4.78, 5) is 25.4. The Kier molecular flexibility index (Phi) is 5.80. The molecule has 5 rings (SSSR count). The van der Waals surface area contributed by atoms with Crippen molar-refractivity contribution in [1.29, 1.82) is 0 Å². The van der Waals surface area contributed by atoms with Crippen LogP contribution in [0.4, 0.5) is 0 Å². The van der Waals surface area contributed by atoms with Crippen LogP contribution in [-0.4, -0.2) is 38.3 Å². The molecule has 10 heteroatoms. The van der Waals surface area contributed by atoms with Gasteiger partial charge >= 0.3 is 0 Å². The van der Waals surface area contributed by atoms with Gasteiger partial charge < -0.3 is 14.1 Å². The van der Waals surface area contributed by atoms with Gasteiger partial charge in [0.05, 0.1) is 18.0 Å². The van der Waals surface area contributed by atoms with Crippen LogP contribution in [0, 0.1) is 20.8 Å². The lowest BCUT2D eigenvalue weighted by Gasteiger charge is -2.14. The third-order valence-corrected chi connectivity index (χ3v) is 7.53. The van der Waals surface area contributed by atoms with E-state index in [1.165, 1.54) is 21.3 Å². The van der Waals surface area contributed by atoms with Crippen LogP contribution in [0.1, 0.15) is 28.1 Å². The average Bonchev–Trinajstić information content (AvgIpc) is 3.41. The van der Waals surface area contributed by atoms with Crippen molar-refractivity contribution in [3.63, 3.8) is 0 Å². The largest absolute Gasteiger partial charge is 0.357 e. The Morgan fingerprint density at radius 1 is 1.08 bits per heavy atom. The Hall–Kier alpha value is -3.76. The minimum absolute atomic E-state index is 0.134. The van der Waals surface area contributed by atoms with Crippen LogP contribution in [0.2, 0.25) is 0 Å². The molecule has 0 unspecified atom stereocenters. The number of aromatic amines is 1. The second-order valence-corrected chi connectivity index (χ2v) is 11.0. The quantitative estimate of drug-likeness (QED) is 0.367. The van der Waals surface area contributed by atoms with Gasteiger partial charge in [-0.1, -0.05) is 18.2 Å². The highest BCUT2D eigenvalue weighted by Crippen LogP contribution is 2.30. The lowest BCUT2D eigenvalue weighted by Crippen LogP contribution is -2.18. The molecule has 3 N–H and O–H groups in total. The number of fused-ring (bicyclic) bond motifs is 2. The molecule has 0 spiro atoms. The molecule has 0 radical (unpaired) electrons. The van der Waals surface area contributed by atoms with Crippen molar-refractivity contribution in [2.24, 2.45) is 12.2 Å². The molecule has 9 nitrogen and oxygen atoms in total. The number of sulfonamides is 1. The predicted octanol–water partition coefficient (Wildman–Crippen LogP) is 3.08. The van der Waals surface area contributed by atoms with Gasteiger partial charge in [0.1, 0.15) is 16.9 Å². The second-order valence-electron chi connectivity index (χ2n) is 9.30. The summed E-state index contributed by atoms with van der Waals surface area (Å²) in [7, 11) is -1.98. The second kappa shape index (κ2) is 8.72. The predicted molar refractivity (Wildman–Crippen MR) is 141 cm³/mol. The highest BCUT2D eigenvalue weighted by molar-refractivity contribution is 7.89. The molecule has 186 valence electrons. The van der Waals surface area contributed by atoms with Crippen LogP contribution in [0.5, 0.6) is 0 Å². The SMILES string of the molecule is Cc1cccc(C)c1Cn1c(C)nc2c(CCS(N)(=O)=O)cc(-c3cn(C)c(=O)c4[nH]ccc34)nc21. The highest BCUT2D eigenvalue weighted by atomic mass is 32.2. The molecule has 0 fully saturated rings. The monoisotopic (exact) mass is 504 g/mol. The number of benzene rings is 1. The van der Waals surface area contributed by atoms with E-state index < -0.39 is 10.0 Å². The van der Waals surface area contributed by atoms with E-state index in [4.69, 9.17) is 15.1 Å². The number of aromatic nitrogens is 5. The van der Waals surface area contributed by atoms with E-state index in [1.54, 1.807) is 19.4 Å². The van der Waals surface area contributed by atoms with E-state index >= 15 is 0 Å². The fourth-order valence-corrected chi connectivity index (χ4v) is 5.27. The molecule has 4 aromatic heterocycles. The number of imidazole rings is 1. The molecular weight excluding hydrogens is 476 g/mol. The normalized spacial score (nSPS) is 12.1. The molecule has 0 saturated carbocycles. The van der Waals surface area contributed by atoms with Crippen molar-refractivity contribution < 1.29 is 8.42 Å². The number of nitrogens with one attached hydrogen (secondary N) is 1. The van der Waals surface area contributed by atoms with E-state index in [9.17, 15) is 13.2 Å². The molecule has 0 aliphatic heterocycles. The summed E-state index contributed by atoms with van der Waals surface area (Å²) in [6.45, 7) is 6.67. The van der Waals surface area contributed by atoms with Gasteiger partial charge in [-0.15, -0.1) is 0 Å². The number of rotatable bonds is 6. The lowest BCUT2D eigenvalue weighted by molar-refractivity contribution is 0.597. The minimum atomic E-state index is -3.68. The van der Waals surface area contributed by atoms with Crippen molar-refractivity contribution >= 4 is 32.1 Å². The molecule has 0 amide bonds. The zero-order valence-electron chi connectivity index (χ0n) is 20.7. The maximum Gasteiger partial charge on any atom is 0.274 e. The van der Waals surface area contributed by atoms with Gasteiger partial charge in [0.2, 0.25) is 10.0 Å². The summed E-state index contributed by atoms with van der Waals surface area (Å²) in [6, 6.07) is 9.91. The van der Waals surface area contributed by atoms with Crippen LogP contribution < -0.4 is 10.7 Å². The van der Waals surface area contributed by atoms with Crippen molar-refractivity contribution in [2.75, 3.05) is 5.75 Å². The zero-order valence-corrected chi connectivity index (χ0v) is 21.5. The van der Waals surface area contributed by atoms with Gasteiger partial charge in [-0.2, -0.15) is 0 Å². The number of hydrogen-bond acceptors (Lipinski definition) is 5. The first kappa shape index (κ1) is 24.0. The number of nitrogens with two attached hydrogens (primary N) is 1. The van der Waals surface area contributed by atoms with E-state index in [2.05, 4.69) is 35.5 Å². The lowest BCUT2D eigenvalue weighted by atomic mass is 10.0.